The van der Waals surface area contributed by atoms with Gasteiger partial charge in [0, 0.05) is 49.6 Å². The summed E-state index contributed by atoms with van der Waals surface area (Å²) in [5.41, 5.74) is 3.74. The Bertz CT molecular complexity index is 920. The molecule has 6 heteroatoms. The molecule has 0 unspecified atom stereocenters. The number of halogens is 1. The van der Waals surface area contributed by atoms with Crippen LogP contribution in [-0.4, -0.2) is 36.1 Å². The van der Waals surface area contributed by atoms with Crippen molar-refractivity contribution in [3.8, 4) is 0 Å². The molecular formula is C22H24ClN5. The van der Waals surface area contributed by atoms with Crippen molar-refractivity contribution in [2.75, 3.05) is 41.3 Å². The Labute approximate surface area is 171 Å². The summed E-state index contributed by atoms with van der Waals surface area (Å²) in [6.07, 6.45) is 1.82. The standard InChI is InChI=1S/C22H24ClN5/c1-17-3-2-4-20(15-17)27-11-13-28(14-12-27)21-9-10-24-22(26-21)25-16-18-5-7-19(23)8-6-18/h2-10,15H,11-14,16H2,1H3,(H,24,25,26). The Morgan fingerprint density at radius 3 is 2.46 bits per heavy atom. The van der Waals surface area contributed by atoms with E-state index in [-0.39, 0.29) is 0 Å². The van der Waals surface area contributed by atoms with E-state index >= 15 is 0 Å². The van der Waals surface area contributed by atoms with Gasteiger partial charge in [-0.1, -0.05) is 35.9 Å². The second-order valence-electron chi connectivity index (χ2n) is 7.03. The van der Waals surface area contributed by atoms with Gasteiger partial charge < -0.3 is 15.1 Å². The summed E-state index contributed by atoms with van der Waals surface area (Å²) in [4.78, 5) is 13.8. The SMILES string of the molecule is Cc1cccc(N2CCN(c3ccnc(NCc4ccc(Cl)cc4)n3)CC2)c1. The van der Waals surface area contributed by atoms with E-state index in [9.17, 15) is 0 Å². The first-order valence-corrected chi connectivity index (χ1v) is 9.93. The van der Waals surface area contributed by atoms with Crippen molar-refractivity contribution in [3.05, 3.63) is 76.9 Å². The first-order valence-electron chi connectivity index (χ1n) is 9.55. The minimum Gasteiger partial charge on any atom is -0.368 e. The zero-order valence-electron chi connectivity index (χ0n) is 16.0. The summed E-state index contributed by atoms with van der Waals surface area (Å²) in [6.45, 7) is 6.67. The largest absolute Gasteiger partial charge is 0.368 e. The Morgan fingerprint density at radius 1 is 0.964 bits per heavy atom. The van der Waals surface area contributed by atoms with Gasteiger partial charge in [-0.15, -0.1) is 0 Å². The van der Waals surface area contributed by atoms with Crippen LogP contribution in [0.5, 0.6) is 0 Å². The molecule has 0 bridgehead atoms. The van der Waals surface area contributed by atoms with Gasteiger partial charge in [-0.25, -0.2) is 4.98 Å². The van der Waals surface area contributed by atoms with Crippen molar-refractivity contribution in [3.63, 3.8) is 0 Å². The molecular weight excluding hydrogens is 370 g/mol. The molecule has 2 heterocycles. The fourth-order valence-corrected chi connectivity index (χ4v) is 3.54. The molecule has 5 nitrogen and oxygen atoms in total. The van der Waals surface area contributed by atoms with Gasteiger partial charge >= 0.3 is 0 Å². The van der Waals surface area contributed by atoms with Crippen LogP contribution in [0, 0.1) is 6.92 Å². The predicted octanol–water partition coefficient (Wildman–Crippen LogP) is 4.38. The van der Waals surface area contributed by atoms with Crippen LogP contribution < -0.4 is 15.1 Å². The molecule has 1 aliphatic heterocycles. The lowest BCUT2D eigenvalue weighted by atomic mass is 10.2. The number of anilines is 3. The lowest BCUT2D eigenvalue weighted by Gasteiger charge is -2.36. The number of aryl methyl sites for hydroxylation is 1. The molecule has 0 amide bonds. The minimum absolute atomic E-state index is 0.647. The van der Waals surface area contributed by atoms with Crippen LogP contribution in [-0.2, 0) is 6.54 Å². The predicted molar refractivity (Wildman–Crippen MR) is 116 cm³/mol. The first-order chi connectivity index (χ1) is 13.7. The highest BCUT2D eigenvalue weighted by atomic mass is 35.5. The highest BCUT2D eigenvalue weighted by Gasteiger charge is 2.18. The van der Waals surface area contributed by atoms with Crippen LogP contribution >= 0.6 is 11.6 Å². The molecule has 3 aromatic rings. The van der Waals surface area contributed by atoms with Gasteiger partial charge in [-0.05, 0) is 48.4 Å². The van der Waals surface area contributed by atoms with Crippen molar-refractivity contribution in [2.24, 2.45) is 0 Å². The Hall–Kier alpha value is -2.79. The van der Waals surface area contributed by atoms with E-state index < -0.39 is 0 Å². The van der Waals surface area contributed by atoms with Crippen molar-refractivity contribution < 1.29 is 0 Å². The third-order valence-electron chi connectivity index (χ3n) is 4.98. The zero-order chi connectivity index (χ0) is 19.3. The van der Waals surface area contributed by atoms with Crippen LogP contribution in [0.2, 0.25) is 5.02 Å². The minimum atomic E-state index is 0.647. The number of hydrogen-bond donors (Lipinski definition) is 1. The summed E-state index contributed by atoms with van der Waals surface area (Å²) >= 11 is 5.94. The molecule has 2 aromatic carbocycles. The van der Waals surface area contributed by atoms with Crippen molar-refractivity contribution >= 4 is 29.1 Å². The fraction of sp³-hybridized carbons (Fsp3) is 0.273. The number of benzene rings is 2. The number of hydrogen-bond acceptors (Lipinski definition) is 5. The van der Waals surface area contributed by atoms with Gasteiger partial charge in [0.05, 0.1) is 0 Å². The normalized spacial score (nSPS) is 14.2. The van der Waals surface area contributed by atoms with Crippen molar-refractivity contribution in [1.29, 1.82) is 0 Å². The van der Waals surface area contributed by atoms with Crippen molar-refractivity contribution in [1.82, 2.24) is 9.97 Å². The van der Waals surface area contributed by atoms with Gasteiger partial charge in [0.15, 0.2) is 0 Å². The van der Waals surface area contributed by atoms with E-state index in [4.69, 9.17) is 16.6 Å². The Morgan fingerprint density at radius 2 is 1.71 bits per heavy atom. The molecule has 0 radical (unpaired) electrons. The molecule has 0 spiro atoms. The number of nitrogens with one attached hydrogen (secondary N) is 1. The summed E-state index contributed by atoms with van der Waals surface area (Å²) in [6, 6.07) is 18.5. The lowest BCUT2D eigenvalue weighted by Crippen LogP contribution is -2.46. The molecule has 1 saturated heterocycles. The third kappa shape index (κ3) is 4.54. The second kappa shape index (κ2) is 8.48. The van der Waals surface area contributed by atoms with Crippen molar-refractivity contribution in [2.45, 2.75) is 13.5 Å². The number of piperazine rings is 1. The maximum atomic E-state index is 5.94. The smallest absolute Gasteiger partial charge is 0.224 e. The fourth-order valence-electron chi connectivity index (χ4n) is 3.41. The number of rotatable bonds is 5. The average Bonchev–Trinajstić information content (AvgIpc) is 2.74. The maximum Gasteiger partial charge on any atom is 0.224 e. The molecule has 0 aliphatic carbocycles. The first kappa shape index (κ1) is 18.6. The molecule has 1 fully saturated rings. The molecule has 144 valence electrons. The summed E-state index contributed by atoms with van der Waals surface area (Å²) in [7, 11) is 0. The second-order valence-corrected chi connectivity index (χ2v) is 7.47. The van der Waals surface area contributed by atoms with E-state index in [2.05, 4.69) is 51.3 Å². The highest BCUT2D eigenvalue weighted by Crippen LogP contribution is 2.21. The van der Waals surface area contributed by atoms with E-state index in [1.54, 1.807) is 0 Å². The summed E-state index contributed by atoms with van der Waals surface area (Å²) < 4.78 is 0. The third-order valence-corrected chi connectivity index (χ3v) is 5.23. The molecule has 28 heavy (non-hydrogen) atoms. The van der Waals surface area contributed by atoms with Gasteiger partial charge in [0.1, 0.15) is 5.82 Å². The van der Waals surface area contributed by atoms with E-state index in [0.29, 0.717) is 12.5 Å². The van der Waals surface area contributed by atoms with Crippen LogP contribution in [0.3, 0.4) is 0 Å². The van der Waals surface area contributed by atoms with E-state index in [1.165, 1.54) is 11.3 Å². The topological polar surface area (TPSA) is 44.3 Å². The maximum absolute atomic E-state index is 5.94. The lowest BCUT2D eigenvalue weighted by molar-refractivity contribution is 0.647. The molecule has 1 N–H and O–H groups in total. The van der Waals surface area contributed by atoms with Crippen LogP contribution in [0.1, 0.15) is 11.1 Å². The Balaban J connectivity index is 1.36. The zero-order valence-corrected chi connectivity index (χ0v) is 16.7. The van der Waals surface area contributed by atoms with Gasteiger partial charge in [0.25, 0.3) is 0 Å². The van der Waals surface area contributed by atoms with E-state index in [0.717, 1.165) is 42.6 Å². The molecule has 4 rings (SSSR count). The molecule has 0 atom stereocenters. The van der Waals surface area contributed by atoms with Gasteiger partial charge in [0.2, 0.25) is 5.95 Å². The highest BCUT2D eigenvalue weighted by molar-refractivity contribution is 6.30. The number of nitrogens with zero attached hydrogens (tertiary/aromatic N) is 4. The summed E-state index contributed by atoms with van der Waals surface area (Å²) in [5.74, 6) is 1.62. The quantitative estimate of drug-likeness (QED) is 0.697. The average molecular weight is 394 g/mol. The Kier molecular flexibility index (Phi) is 5.63. The van der Waals surface area contributed by atoms with Gasteiger partial charge in [-0.2, -0.15) is 4.98 Å². The molecule has 1 aliphatic rings. The number of aromatic nitrogens is 2. The monoisotopic (exact) mass is 393 g/mol. The van der Waals surface area contributed by atoms with Gasteiger partial charge in [-0.3, -0.25) is 0 Å². The van der Waals surface area contributed by atoms with Crippen LogP contribution in [0.4, 0.5) is 17.5 Å². The van der Waals surface area contributed by atoms with Crippen LogP contribution in [0.15, 0.2) is 60.8 Å². The summed E-state index contributed by atoms with van der Waals surface area (Å²) in [5, 5.41) is 4.04. The molecule has 1 aromatic heterocycles. The molecule has 0 saturated carbocycles. The van der Waals surface area contributed by atoms with Crippen LogP contribution in [0.25, 0.3) is 0 Å². The van der Waals surface area contributed by atoms with E-state index in [1.807, 2.05) is 36.5 Å².